The van der Waals surface area contributed by atoms with Crippen molar-refractivity contribution in [1.29, 1.82) is 0 Å². The van der Waals surface area contributed by atoms with E-state index in [1.807, 2.05) is 37.3 Å². The van der Waals surface area contributed by atoms with Gasteiger partial charge in [0, 0.05) is 21.8 Å². The van der Waals surface area contributed by atoms with Crippen molar-refractivity contribution in [2.45, 2.75) is 93.4 Å². The summed E-state index contributed by atoms with van der Waals surface area (Å²) >= 11 is 0. The van der Waals surface area contributed by atoms with Crippen molar-refractivity contribution < 1.29 is 27.1 Å². The molecule has 0 radical (unpaired) electrons. The van der Waals surface area contributed by atoms with Crippen LogP contribution in [0, 0.1) is 22.2 Å². The Morgan fingerprint density at radius 1 is 0.781 bits per heavy atom. The molecular weight excluding hydrogens is 831 g/mol. The average molecular weight is 903 g/mol. The average Bonchev–Trinajstić information content (AvgIpc) is 3.59. The van der Waals surface area contributed by atoms with Gasteiger partial charge in [-0.1, -0.05) is 209 Å². The molecule has 1 aliphatic carbocycles. The maximum Gasteiger partial charge on any atom is 0.397 e. The van der Waals surface area contributed by atoms with Crippen LogP contribution in [0.1, 0.15) is 99.3 Å². The van der Waals surface area contributed by atoms with Crippen LogP contribution < -0.4 is 4.52 Å². The molecule has 3 aliphatic rings. The molecule has 2 saturated heterocycles. The van der Waals surface area contributed by atoms with Crippen LogP contribution in [-0.4, -0.2) is 26.4 Å². The van der Waals surface area contributed by atoms with Gasteiger partial charge in [-0.25, -0.2) is 0 Å². The lowest BCUT2D eigenvalue weighted by Gasteiger charge is -2.41. The third kappa shape index (κ3) is 12.4. The highest BCUT2D eigenvalue weighted by atomic mass is 31.2. The fourth-order valence-electron chi connectivity index (χ4n) is 7.81. The minimum Gasteiger partial charge on any atom is -0.435 e. The molecule has 6 nitrogen and oxygen atoms in total. The number of hydrogen-bond donors (Lipinski definition) is 0. The van der Waals surface area contributed by atoms with Crippen molar-refractivity contribution in [3.63, 3.8) is 0 Å². The highest BCUT2D eigenvalue weighted by Gasteiger charge is 2.45. The Bertz CT molecular complexity index is 2190. The van der Waals surface area contributed by atoms with Crippen LogP contribution in [0.3, 0.4) is 0 Å². The molecule has 342 valence electrons. The van der Waals surface area contributed by atoms with E-state index in [2.05, 4.69) is 192 Å². The number of hydrogen-bond acceptors (Lipinski definition) is 6. The molecule has 0 aromatic heterocycles. The minimum absolute atomic E-state index is 0.197. The van der Waals surface area contributed by atoms with Gasteiger partial charge in [0.05, 0.1) is 38.1 Å². The molecule has 2 aromatic rings. The molecule has 2 aliphatic heterocycles. The van der Waals surface area contributed by atoms with Crippen LogP contribution >= 0.6 is 17.2 Å². The monoisotopic (exact) mass is 902 g/mol. The van der Waals surface area contributed by atoms with Gasteiger partial charge < -0.3 is 27.1 Å². The summed E-state index contributed by atoms with van der Waals surface area (Å²) in [5, 5.41) is 0. The molecule has 0 N–H and O–H groups in total. The normalized spacial score (nSPS) is 22.5. The molecule has 0 saturated carbocycles. The van der Waals surface area contributed by atoms with E-state index in [0.29, 0.717) is 26.4 Å². The fourth-order valence-corrected chi connectivity index (χ4v) is 10.2. The number of allylic oxidation sites excluding steroid dienone is 19. The van der Waals surface area contributed by atoms with Crippen molar-refractivity contribution in [2.24, 2.45) is 22.2 Å². The van der Waals surface area contributed by atoms with E-state index < -0.39 is 22.6 Å². The second kappa shape index (κ2) is 22.4. The molecule has 2 aromatic carbocycles. The highest BCUT2D eigenvalue weighted by molar-refractivity contribution is 7.42. The van der Waals surface area contributed by atoms with Crippen LogP contribution in [-0.2, 0) is 33.4 Å². The van der Waals surface area contributed by atoms with Gasteiger partial charge >= 0.3 is 17.2 Å². The summed E-state index contributed by atoms with van der Waals surface area (Å²) in [6, 6.07) is 17.1. The first-order valence-electron chi connectivity index (χ1n) is 22.4. The molecule has 1 spiro atoms. The molecule has 5 rings (SSSR count). The summed E-state index contributed by atoms with van der Waals surface area (Å²) in [6.07, 6.45) is 34.1. The maximum absolute atomic E-state index is 6.64. The topological polar surface area (TPSA) is 55.4 Å². The van der Waals surface area contributed by atoms with Gasteiger partial charge in [0.2, 0.25) is 0 Å². The van der Waals surface area contributed by atoms with Gasteiger partial charge in [0.1, 0.15) is 5.75 Å². The molecule has 2 fully saturated rings. The van der Waals surface area contributed by atoms with Crippen molar-refractivity contribution >= 4 is 17.2 Å². The summed E-state index contributed by atoms with van der Waals surface area (Å²) < 4.78 is 37.7. The van der Waals surface area contributed by atoms with E-state index in [1.165, 1.54) is 27.8 Å². The third-order valence-electron chi connectivity index (χ3n) is 13.3. The minimum atomic E-state index is -1.66. The first kappa shape index (κ1) is 50.9. The number of rotatable bonds is 18. The third-order valence-corrected chi connectivity index (χ3v) is 15.3. The molecule has 0 amide bonds. The summed E-state index contributed by atoms with van der Waals surface area (Å²) in [5.41, 5.74) is 6.79. The van der Waals surface area contributed by atoms with Crippen molar-refractivity contribution in [3.05, 3.63) is 198 Å². The Kier molecular flexibility index (Phi) is 17.8. The zero-order valence-corrected chi connectivity index (χ0v) is 42.0. The summed E-state index contributed by atoms with van der Waals surface area (Å²) in [4.78, 5) is 0. The molecule has 1 unspecified atom stereocenters. The first-order valence-corrected chi connectivity index (χ1v) is 24.6. The lowest BCUT2D eigenvalue weighted by Crippen LogP contribution is -2.44. The van der Waals surface area contributed by atoms with E-state index in [1.54, 1.807) is 6.26 Å². The van der Waals surface area contributed by atoms with E-state index >= 15 is 0 Å². The van der Waals surface area contributed by atoms with Crippen molar-refractivity contribution in [3.8, 4) is 5.75 Å². The van der Waals surface area contributed by atoms with E-state index in [0.717, 1.165) is 23.3 Å². The Morgan fingerprint density at radius 2 is 1.45 bits per heavy atom. The zero-order chi connectivity index (χ0) is 46.6. The van der Waals surface area contributed by atoms with Crippen molar-refractivity contribution in [2.75, 3.05) is 26.4 Å². The molecule has 0 bridgehead atoms. The van der Waals surface area contributed by atoms with Crippen LogP contribution in [0.25, 0.3) is 0 Å². The van der Waals surface area contributed by atoms with Crippen LogP contribution in [0.15, 0.2) is 181 Å². The maximum atomic E-state index is 6.64. The second-order valence-electron chi connectivity index (χ2n) is 19.1. The summed E-state index contributed by atoms with van der Waals surface area (Å²) in [7, 11) is -3.26. The van der Waals surface area contributed by atoms with Gasteiger partial charge in [0.25, 0.3) is 0 Å². The van der Waals surface area contributed by atoms with E-state index in [4.69, 9.17) is 27.1 Å². The lowest BCUT2D eigenvalue weighted by atomic mass is 9.70. The van der Waals surface area contributed by atoms with Gasteiger partial charge in [-0.2, -0.15) is 0 Å². The molecule has 1 atom stereocenters. The Morgan fingerprint density at radius 3 is 2.09 bits per heavy atom. The van der Waals surface area contributed by atoms with Gasteiger partial charge in [-0.05, 0) is 71.6 Å². The highest BCUT2D eigenvalue weighted by Crippen LogP contribution is 2.54. The fraction of sp³-hybridized carbons (Fsp3) is 0.393. The largest absolute Gasteiger partial charge is 0.435 e. The quantitative estimate of drug-likeness (QED) is 0.0844. The van der Waals surface area contributed by atoms with Crippen LogP contribution in [0.2, 0.25) is 0 Å². The van der Waals surface area contributed by atoms with E-state index in [9.17, 15) is 0 Å². The van der Waals surface area contributed by atoms with Crippen LogP contribution in [0.5, 0.6) is 5.75 Å². The molecule has 8 heteroatoms. The molecular formula is C56H72O6P2. The van der Waals surface area contributed by atoms with Crippen LogP contribution in [0.4, 0.5) is 0 Å². The smallest absolute Gasteiger partial charge is 0.397 e. The van der Waals surface area contributed by atoms with Gasteiger partial charge in [0.15, 0.2) is 0 Å². The predicted octanol–water partition coefficient (Wildman–Crippen LogP) is 16.2. The summed E-state index contributed by atoms with van der Waals surface area (Å²) in [5.74, 6) is 1.00. The van der Waals surface area contributed by atoms with Gasteiger partial charge in [-0.15, -0.1) is 0 Å². The lowest BCUT2D eigenvalue weighted by molar-refractivity contribution is -0.0689. The standard InChI is InChI=1S/C56H72O6P2/c1-14-17-21-28-43(4)52(6,7)48(37-44(5)53(8,9)45(16-3)27-15-2)33-26-36-57-63-58-39-56(40-59-63)41-60-64(61-42-56)62-51-35-34-49(54(10,11)46-29-22-18-19-23-30-46)38-50(51)55(12,13)47-31-24-20-25-32-47/h14-22,24-38,43H,2-3,23,39-42H2,1,4-13H3/b17-14-,28-21-,36-26+,44-37+,45-27+,48-33+. The van der Waals surface area contributed by atoms with Gasteiger partial charge in [-0.3, -0.25) is 0 Å². The Labute approximate surface area is 388 Å². The molecule has 64 heavy (non-hydrogen) atoms. The predicted molar refractivity (Wildman–Crippen MR) is 271 cm³/mol. The summed E-state index contributed by atoms with van der Waals surface area (Å²) in [6.45, 7) is 34.0. The first-order chi connectivity index (χ1) is 30.4. The van der Waals surface area contributed by atoms with E-state index in [-0.39, 0.29) is 27.6 Å². The SMILES string of the molecule is C=C/C=C(\C=C)C(C)(C)/C(C)=C/C(=C\C=C\OP1OCC2(CO1)COP(Oc1ccc(C(C)(C)C3=CCC=CC=C3)cc1C(C)(C)c1ccccc1)OC2)C(C)(C)C(C)/C=C\C=C/C. The van der Waals surface area contributed by atoms with Crippen molar-refractivity contribution in [1.82, 2.24) is 0 Å². The molecule has 2 heterocycles. The Hall–Kier alpha value is -4.12. The second-order valence-corrected chi connectivity index (χ2v) is 21.5. The zero-order valence-electron chi connectivity index (χ0n) is 40.2. The number of benzene rings is 2. The Balaban J connectivity index is 1.26.